The molecule has 1 aliphatic heterocycles. The first-order valence-corrected chi connectivity index (χ1v) is 9.69. The van der Waals surface area contributed by atoms with Gasteiger partial charge in [0.05, 0.1) is 11.4 Å². The number of aromatic nitrogens is 2. The topological polar surface area (TPSA) is 91.7 Å². The Morgan fingerprint density at radius 1 is 1.07 bits per heavy atom. The predicted molar refractivity (Wildman–Crippen MR) is 107 cm³/mol. The minimum absolute atomic E-state index is 0.155. The SMILES string of the molecule is O=C(COC(=O)c1cc(C2CC2)nn1-c1ccccc1)Nc1ccc2c(c1)OCO2. The highest BCUT2D eigenvalue weighted by molar-refractivity contribution is 5.95. The Bertz CT molecular complexity index is 1110. The summed E-state index contributed by atoms with van der Waals surface area (Å²) in [7, 11) is 0. The summed E-state index contributed by atoms with van der Waals surface area (Å²) in [4.78, 5) is 24.9. The molecule has 30 heavy (non-hydrogen) atoms. The average molecular weight is 405 g/mol. The minimum atomic E-state index is -0.598. The molecule has 0 radical (unpaired) electrons. The molecule has 8 nitrogen and oxygen atoms in total. The maximum Gasteiger partial charge on any atom is 0.357 e. The maximum absolute atomic E-state index is 12.7. The van der Waals surface area contributed by atoms with Crippen molar-refractivity contribution in [3.63, 3.8) is 0 Å². The van der Waals surface area contributed by atoms with Crippen molar-refractivity contribution < 1.29 is 23.8 Å². The largest absolute Gasteiger partial charge is 0.454 e. The van der Waals surface area contributed by atoms with Crippen LogP contribution >= 0.6 is 0 Å². The number of carbonyl (C=O) groups excluding carboxylic acids is 2. The number of amides is 1. The van der Waals surface area contributed by atoms with E-state index in [4.69, 9.17) is 14.2 Å². The maximum atomic E-state index is 12.7. The molecule has 0 unspecified atom stereocenters. The first kappa shape index (κ1) is 18.2. The molecule has 0 spiro atoms. The molecule has 1 aromatic heterocycles. The molecule has 2 aromatic carbocycles. The van der Waals surface area contributed by atoms with Gasteiger partial charge >= 0.3 is 5.97 Å². The van der Waals surface area contributed by atoms with Crippen LogP contribution in [0, 0.1) is 0 Å². The van der Waals surface area contributed by atoms with Gasteiger partial charge in [-0.05, 0) is 43.2 Å². The van der Waals surface area contributed by atoms with E-state index in [0.29, 0.717) is 28.8 Å². The lowest BCUT2D eigenvalue weighted by Gasteiger charge is -2.09. The second-order valence-electron chi connectivity index (χ2n) is 7.17. The van der Waals surface area contributed by atoms with Gasteiger partial charge in [-0.3, -0.25) is 4.79 Å². The molecule has 1 fully saturated rings. The Morgan fingerprint density at radius 3 is 2.67 bits per heavy atom. The summed E-state index contributed by atoms with van der Waals surface area (Å²) in [6.45, 7) is -0.256. The first-order chi connectivity index (χ1) is 14.7. The average Bonchev–Trinajstić information content (AvgIpc) is 3.34. The van der Waals surface area contributed by atoms with E-state index in [1.165, 1.54) is 0 Å². The zero-order valence-corrected chi connectivity index (χ0v) is 16.0. The van der Waals surface area contributed by atoms with Gasteiger partial charge in [-0.25, -0.2) is 9.48 Å². The number of rotatable bonds is 6. The summed E-state index contributed by atoms with van der Waals surface area (Å²) in [5.41, 5.74) is 2.47. The van der Waals surface area contributed by atoms with E-state index in [0.717, 1.165) is 24.2 Å². The standard InChI is InChI=1S/C22H19N3O5/c26-21(23-15-8-9-19-20(10-15)30-13-29-19)12-28-22(27)18-11-17(14-6-7-14)24-25(18)16-4-2-1-3-5-16/h1-5,8-11,14H,6-7,12-13H2,(H,23,26). The van der Waals surface area contributed by atoms with Crippen LogP contribution < -0.4 is 14.8 Å². The summed E-state index contributed by atoms with van der Waals surface area (Å²) in [6.07, 6.45) is 2.14. The molecule has 8 heteroatoms. The number of anilines is 1. The number of ether oxygens (including phenoxy) is 3. The Balaban J connectivity index is 1.27. The Morgan fingerprint density at radius 2 is 1.87 bits per heavy atom. The quantitative estimate of drug-likeness (QED) is 0.633. The van der Waals surface area contributed by atoms with Gasteiger partial charge in [0.1, 0.15) is 0 Å². The monoisotopic (exact) mass is 405 g/mol. The number of benzene rings is 2. The Kier molecular flexibility index (Phi) is 4.59. The van der Waals surface area contributed by atoms with Gasteiger partial charge in [-0.1, -0.05) is 18.2 Å². The van der Waals surface area contributed by atoms with Crippen molar-refractivity contribution >= 4 is 17.6 Å². The number of carbonyl (C=O) groups is 2. The zero-order valence-electron chi connectivity index (χ0n) is 16.0. The first-order valence-electron chi connectivity index (χ1n) is 9.69. The predicted octanol–water partition coefficient (Wildman–Crippen LogP) is 3.27. The fraction of sp³-hybridized carbons (Fsp3) is 0.227. The lowest BCUT2D eigenvalue weighted by molar-refractivity contribution is -0.119. The van der Waals surface area contributed by atoms with E-state index in [1.54, 1.807) is 28.9 Å². The summed E-state index contributed by atoms with van der Waals surface area (Å²) in [5, 5.41) is 7.27. The van der Waals surface area contributed by atoms with Crippen LogP contribution in [0.3, 0.4) is 0 Å². The van der Waals surface area contributed by atoms with Crippen molar-refractivity contribution in [2.75, 3.05) is 18.7 Å². The Hall–Kier alpha value is -3.81. The second-order valence-corrected chi connectivity index (χ2v) is 7.17. The van der Waals surface area contributed by atoms with Gasteiger partial charge in [-0.2, -0.15) is 5.10 Å². The van der Waals surface area contributed by atoms with Crippen LogP contribution in [0.4, 0.5) is 5.69 Å². The third kappa shape index (κ3) is 3.71. The number of nitrogens with one attached hydrogen (secondary N) is 1. The van der Waals surface area contributed by atoms with Crippen LogP contribution in [0.25, 0.3) is 5.69 Å². The summed E-state index contributed by atoms with van der Waals surface area (Å²) in [6, 6.07) is 16.2. The van der Waals surface area contributed by atoms with Crippen LogP contribution in [-0.4, -0.2) is 35.1 Å². The van der Waals surface area contributed by atoms with Crippen LogP contribution in [0.2, 0.25) is 0 Å². The zero-order chi connectivity index (χ0) is 20.5. The molecular weight excluding hydrogens is 386 g/mol. The third-order valence-corrected chi connectivity index (χ3v) is 4.92. The summed E-state index contributed by atoms with van der Waals surface area (Å²) < 4.78 is 17.4. The fourth-order valence-electron chi connectivity index (χ4n) is 3.27. The van der Waals surface area contributed by atoms with Crippen molar-refractivity contribution in [1.29, 1.82) is 0 Å². The van der Waals surface area contributed by atoms with Crippen molar-refractivity contribution in [3.8, 4) is 17.2 Å². The number of fused-ring (bicyclic) bond motifs is 1. The minimum Gasteiger partial charge on any atom is -0.454 e. The van der Waals surface area contributed by atoms with Crippen LogP contribution in [0.15, 0.2) is 54.6 Å². The molecule has 1 amide bonds. The van der Waals surface area contributed by atoms with E-state index >= 15 is 0 Å². The van der Waals surface area contributed by atoms with E-state index in [-0.39, 0.29) is 6.79 Å². The number of esters is 1. The number of hydrogen-bond donors (Lipinski definition) is 1. The number of hydrogen-bond acceptors (Lipinski definition) is 6. The molecule has 2 heterocycles. The Labute approximate surface area is 172 Å². The van der Waals surface area contributed by atoms with Gasteiger partial charge in [0, 0.05) is 17.7 Å². The van der Waals surface area contributed by atoms with Gasteiger partial charge in [0.25, 0.3) is 5.91 Å². The van der Waals surface area contributed by atoms with Crippen molar-refractivity contribution in [2.45, 2.75) is 18.8 Å². The molecule has 0 saturated heterocycles. The number of nitrogens with zero attached hydrogens (tertiary/aromatic N) is 2. The third-order valence-electron chi connectivity index (χ3n) is 4.92. The summed E-state index contributed by atoms with van der Waals surface area (Å²) in [5.74, 6) is 0.523. The smallest absolute Gasteiger partial charge is 0.357 e. The molecule has 1 aliphatic carbocycles. The lowest BCUT2D eigenvalue weighted by Crippen LogP contribution is -2.22. The molecule has 152 valence electrons. The molecule has 0 bridgehead atoms. The van der Waals surface area contributed by atoms with Crippen LogP contribution in [-0.2, 0) is 9.53 Å². The van der Waals surface area contributed by atoms with Crippen molar-refractivity contribution in [3.05, 3.63) is 66.0 Å². The highest BCUT2D eigenvalue weighted by Gasteiger charge is 2.29. The number of para-hydroxylation sites is 1. The van der Waals surface area contributed by atoms with E-state index in [2.05, 4.69) is 10.4 Å². The molecule has 2 aliphatic rings. The van der Waals surface area contributed by atoms with Crippen LogP contribution in [0.1, 0.15) is 34.9 Å². The molecule has 1 N–H and O–H groups in total. The highest BCUT2D eigenvalue weighted by atomic mass is 16.7. The van der Waals surface area contributed by atoms with E-state index in [1.807, 2.05) is 30.3 Å². The van der Waals surface area contributed by atoms with Crippen molar-refractivity contribution in [1.82, 2.24) is 9.78 Å². The van der Waals surface area contributed by atoms with Crippen LogP contribution in [0.5, 0.6) is 11.5 Å². The molecular formula is C22H19N3O5. The molecule has 0 atom stereocenters. The van der Waals surface area contributed by atoms with Crippen molar-refractivity contribution in [2.24, 2.45) is 0 Å². The van der Waals surface area contributed by atoms with Gasteiger partial charge < -0.3 is 19.5 Å². The molecule has 1 saturated carbocycles. The van der Waals surface area contributed by atoms with Gasteiger partial charge in [0.15, 0.2) is 23.8 Å². The fourth-order valence-corrected chi connectivity index (χ4v) is 3.27. The van der Waals surface area contributed by atoms with E-state index < -0.39 is 18.5 Å². The molecule has 3 aromatic rings. The molecule has 5 rings (SSSR count). The van der Waals surface area contributed by atoms with E-state index in [9.17, 15) is 9.59 Å². The summed E-state index contributed by atoms with van der Waals surface area (Å²) >= 11 is 0. The van der Waals surface area contributed by atoms with Gasteiger partial charge in [-0.15, -0.1) is 0 Å². The highest BCUT2D eigenvalue weighted by Crippen LogP contribution is 2.40. The lowest BCUT2D eigenvalue weighted by atomic mass is 10.2. The normalized spacial score (nSPS) is 14.4. The second kappa shape index (κ2) is 7.55. The van der Waals surface area contributed by atoms with Gasteiger partial charge in [0.2, 0.25) is 6.79 Å².